The van der Waals surface area contributed by atoms with Crippen molar-refractivity contribution in [3.05, 3.63) is 28.2 Å². The van der Waals surface area contributed by atoms with Crippen molar-refractivity contribution in [2.45, 2.75) is 39.2 Å². The van der Waals surface area contributed by atoms with Crippen LogP contribution < -0.4 is 5.32 Å². The van der Waals surface area contributed by atoms with Crippen molar-refractivity contribution in [2.75, 3.05) is 19.6 Å². The number of carbonyl (C=O) groups is 1. The molecule has 0 bridgehead atoms. The zero-order valence-electron chi connectivity index (χ0n) is 15.6. The van der Waals surface area contributed by atoms with E-state index in [1.165, 1.54) is 5.69 Å². The number of aryl methyl sites for hydroxylation is 2. The third-order valence-electron chi connectivity index (χ3n) is 5.75. The van der Waals surface area contributed by atoms with Gasteiger partial charge >= 0.3 is 0 Å². The van der Waals surface area contributed by atoms with Crippen molar-refractivity contribution < 1.29 is 4.79 Å². The maximum absolute atomic E-state index is 12.4. The first-order valence-corrected chi connectivity index (χ1v) is 10.0. The molecule has 0 unspecified atom stereocenters. The van der Waals surface area contributed by atoms with Gasteiger partial charge in [0.2, 0.25) is 5.91 Å². The van der Waals surface area contributed by atoms with E-state index >= 15 is 0 Å². The van der Waals surface area contributed by atoms with E-state index in [-0.39, 0.29) is 11.3 Å². The highest BCUT2D eigenvalue weighted by Gasteiger charge is 2.45. The van der Waals surface area contributed by atoms with E-state index in [0.29, 0.717) is 11.8 Å². The summed E-state index contributed by atoms with van der Waals surface area (Å²) in [5, 5.41) is 13.7. The monoisotopic (exact) mass is 374 g/mol. The summed E-state index contributed by atoms with van der Waals surface area (Å²) in [6.07, 6.45) is 5.83. The molecule has 3 heterocycles. The Hall–Kier alpha value is -1.80. The van der Waals surface area contributed by atoms with Crippen molar-refractivity contribution in [2.24, 2.45) is 18.4 Å². The highest BCUT2D eigenvalue weighted by atomic mass is 32.1. The molecule has 2 atom stereocenters. The van der Waals surface area contributed by atoms with Crippen LogP contribution in [0, 0.1) is 18.3 Å². The third-order valence-corrected chi connectivity index (χ3v) is 6.57. The fourth-order valence-electron chi connectivity index (χ4n) is 3.80. The molecule has 26 heavy (non-hydrogen) atoms. The summed E-state index contributed by atoms with van der Waals surface area (Å²) in [5.74, 6) is 0.953. The first kappa shape index (κ1) is 17.6. The number of nitrogens with one attached hydrogen (secondary N) is 1. The molecule has 2 aromatic rings. The number of likely N-dealkylation sites (tertiary alicyclic amines) is 1. The van der Waals surface area contributed by atoms with Gasteiger partial charge < -0.3 is 9.88 Å². The fraction of sp³-hybridized carbons (Fsp3) is 0.667. The quantitative estimate of drug-likeness (QED) is 0.833. The van der Waals surface area contributed by atoms with E-state index in [9.17, 15) is 4.79 Å². The summed E-state index contributed by atoms with van der Waals surface area (Å²) in [6.45, 7) is 7.49. The van der Waals surface area contributed by atoms with Crippen LogP contribution in [0.2, 0.25) is 0 Å². The second kappa shape index (κ2) is 6.74. The van der Waals surface area contributed by atoms with Crippen LogP contribution in [0.15, 0.2) is 12.5 Å². The predicted molar refractivity (Wildman–Crippen MR) is 99.7 cm³/mol. The molecule has 1 aliphatic carbocycles. The summed E-state index contributed by atoms with van der Waals surface area (Å²) < 4.78 is 2.10. The zero-order valence-corrected chi connectivity index (χ0v) is 16.4. The molecule has 0 spiro atoms. The molecular weight excluding hydrogens is 348 g/mol. The van der Waals surface area contributed by atoms with Gasteiger partial charge in [-0.2, -0.15) is 0 Å². The Morgan fingerprint density at radius 2 is 2.19 bits per heavy atom. The van der Waals surface area contributed by atoms with Gasteiger partial charge in [-0.25, -0.2) is 4.98 Å². The number of hydrogen-bond acceptors (Lipinski definition) is 6. The number of rotatable bonds is 6. The molecule has 7 nitrogen and oxygen atoms in total. The van der Waals surface area contributed by atoms with Crippen LogP contribution in [-0.2, 0) is 18.4 Å². The van der Waals surface area contributed by atoms with Crippen LogP contribution in [0.25, 0.3) is 0 Å². The number of hydrogen-bond donors (Lipinski definition) is 1. The molecule has 1 amide bonds. The van der Waals surface area contributed by atoms with Gasteiger partial charge in [0.1, 0.15) is 10.0 Å². The Labute approximate surface area is 157 Å². The number of aromatic nitrogens is 4. The topological polar surface area (TPSA) is 75.9 Å². The zero-order chi connectivity index (χ0) is 18.3. The minimum absolute atomic E-state index is 0.121. The normalized spacial score (nSPS) is 24.7. The van der Waals surface area contributed by atoms with Gasteiger partial charge in [-0.3, -0.25) is 9.69 Å². The van der Waals surface area contributed by atoms with Crippen LogP contribution in [0.3, 0.4) is 0 Å². The highest BCUT2D eigenvalue weighted by Crippen LogP contribution is 2.45. The molecule has 4 rings (SSSR count). The minimum Gasteiger partial charge on any atom is -0.355 e. The molecule has 0 aromatic carbocycles. The molecule has 140 valence electrons. The molecule has 1 aliphatic heterocycles. The molecule has 2 aliphatic rings. The fourth-order valence-corrected chi connectivity index (χ4v) is 4.55. The molecule has 2 fully saturated rings. The van der Waals surface area contributed by atoms with Crippen LogP contribution >= 0.6 is 11.3 Å². The average molecular weight is 375 g/mol. The van der Waals surface area contributed by atoms with Gasteiger partial charge in [0, 0.05) is 49.9 Å². The molecule has 0 radical (unpaired) electrons. The van der Waals surface area contributed by atoms with E-state index in [1.54, 1.807) is 11.3 Å². The number of imidazole rings is 1. The second-order valence-electron chi connectivity index (χ2n) is 7.98. The number of nitrogens with zero attached hydrogens (tertiary/aromatic N) is 5. The van der Waals surface area contributed by atoms with E-state index in [2.05, 4.69) is 36.9 Å². The summed E-state index contributed by atoms with van der Waals surface area (Å²) in [6, 6.07) is 0. The highest BCUT2D eigenvalue weighted by molar-refractivity contribution is 7.11. The maximum atomic E-state index is 12.4. The van der Waals surface area contributed by atoms with Crippen LogP contribution in [0.5, 0.6) is 0 Å². The lowest BCUT2D eigenvalue weighted by molar-refractivity contribution is -0.125. The Morgan fingerprint density at radius 3 is 2.81 bits per heavy atom. The van der Waals surface area contributed by atoms with Gasteiger partial charge in [0.15, 0.2) is 0 Å². The smallest absolute Gasteiger partial charge is 0.225 e. The van der Waals surface area contributed by atoms with Crippen molar-refractivity contribution in [3.63, 3.8) is 0 Å². The summed E-state index contributed by atoms with van der Waals surface area (Å²) in [7, 11) is 2.04. The van der Waals surface area contributed by atoms with Crippen LogP contribution in [0.4, 0.5) is 0 Å². The van der Waals surface area contributed by atoms with Gasteiger partial charge in [-0.05, 0) is 25.7 Å². The SMILES string of the molecule is Cc1nnc(CN2C[C@@H](CNC(=O)C3(C)CC3)[C@H](c3cncn3C)C2)s1. The Balaban J connectivity index is 1.45. The first-order valence-electron chi connectivity index (χ1n) is 9.20. The lowest BCUT2D eigenvalue weighted by Crippen LogP contribution is -2.36. The summed E-state index contributed by atoms with van der Waals surface area (Å²) in [5.41, 5.74) is 1.11. The van der Waals surface area contributed by atoms with Crippen molar-refractivity contribution in [1.82, 2.24) is 30.0 Å². The van der Waals surface area contributed by atoms with Gasteiger partial charge in [0.25, 0.3) is 0 Å². The molecule has 1 N–H and O–H groups in total. The van der Waals surface area contributed by atoms with Crippen molar-refractivity contribution in [1.29, 1.82) is 0 Å². The standard InChI is InChI=1S/C18H26N6OS/c1-12-21-22-16(26-12)10-24-8-13(6-20-17(25)18(2)4-5-18)14(9-24)15-7-19-11-23(15)3/h7,11,13-14H,4-6,8-10H2,1-3H3,(H,20,25)/t13-,14-/m1/s1. The van der Waals surface area contributed by atoms with E-state index in [4.69, 9.17) is 0 Å². The summed E-state index contributed by atoms with van der Waals surface area (Å²) in [4.78, 5) is 19.1. The Kier molecular flexibility index (Phi) is 4.56. The van der Waals surface area contributed by atoms with Crippen LogP contribution in [-0.4, -0.2) is 50.2 Å². The Morgan fingerprint density at radius 1 is 1.38 bits per heavy atom. The molecular formula is C18H26N6OS. The van der Waals surface area contributed by atoms with Gasteiger partial charge in [0.05, 0.1) is 12.9 Å². The van der Waals surface area contributed by atoms with E-state index in [0.717, 1.165) is 49.0 Å². The largest absolute Gasteiger partial charge is 0.355 e. The predicted octanol–water partition coefficient (Wildman–Crippen LogP) is 1.71. The molecule has 1 saturated carbocycles. The maximum Gasteiger partial charge on any atom is 0.225 e. The first-order chi connectivity index (χ1) is 12.4. The van der Waals surface area contributed by atoms with Gasteiger partial charge in [-0.15, -0.1) is 21.5 Å². The molecule has 1 saturated heterocycles. The Bertz CT molecular complexity index is 795. The van der Waals surface area contributed by atoms with Gasteiger partial charge in [-0.1, -0.05) is 6.92 Å². The average Bonchev–Trinajstić information content (AvgIpc) is 2.93. The van der Waals surface area contributed by atoms with E-state index in [1.807, 2.05) is 26.5 Å². The summed E-state index contributed by atoms with van der Waals surface area (Å²) >= 11 is 1.66. The lowest BCUT2D eigenvalue weighted by atomic mass is 9.92. The lowest BCUT2D eigenvalue weighted by Gasteiger charge is -2.20. The number of amides is 1. The van der Waals surface area contributed by atoms with Crippen LogP contribution in [0.1, 0.15) is 41.4 Å². The van der Waals surface area contributed by atoms with Crippen molar-refractivity contribution in [3.8, 4) is 0 Å². The van der Waals surface area contributed by atoms with E-state index < -0.39 is 0 Å². The minimum atomic E-state index is -0.121. The molecule has 8 heteroatoms. The van der Waals surface area contributed by atoms with Crippen molar-refractivity contribution >= 4 is 17.2 Å². The number of carbonyl (C=O) groups excluding carboxylic acids is 1. The molecule has 2 aromatic heterocycles. The third kappa shape index (κ3) is 3.53. The second-order valence-corrected chi connectivity index (χ2v) is 9.24.